The van der Waals surface area contributed by atoms with E-state index in [9.17, 15) is 0 Å². The number of ether oxygens (including phenoxy) is 1. The van der Waals surface area contributed by atoms with Gasteiger partial charge in [0.1, 0.15) is 5.75 Å². The first-order chi connectivity index (χ1) is 7.79. The summed E-state index contributed by atoms with van der Waals surface area (Å²) in [6.45, 7) is 0.842. The largest absolute Gasteiger partial charge is 0.496 e. The monoisotopic (exact) mass is 239 g/mol. The lowest BCUT2D eigenvalue weighted by atomic mass is 10.1. The molecule has 0 amide bonds. The third-order valence-electron chi connectivity index (χ3n) is 3.18. The van der Waals surface area contributed by atoms with Crippen LogP contribution in [0.5, 0.6) is 5.75 Å². The Bertz CT molecular complexity index is 348. The number of nitrogens with one attached hydrogen (secondary N) is 1. The second kappa shape index (κ2) is 5.55. The third-order valence-corrected chi connectivity index (χ3v) is 3.41. The Morgan fingerprint density at radius 2 is 2.12 bits per heavy atom. The van der Waals surface area contributed by atoms with E-state index in [2.05, 4.69) is 5.32 Å². The van der Waals surface area contributed by atoms with Crippen molar-refractivity contribution >= 4 is 11.6 Å². The molecule has 1 aromatic rings. The molecule has 0 bridgehead atoms. The molecule has 3 heteroatoms. The molecule has 0 saturated heterocycles. The average Bonchev–Trinajstić information content (AvgIpc) is 2.79. The Morgan fingerprint density at radius 1 is 1.38 bits per heavy atom. The first-order valence-corrected chi connectivity index (χ1v) is 6.23. The number of halogens is 1. The second-order valence-corrected chi connectivity index (χ2v) is 4.75. The molecule has 0 unspecified atom stereocenters. The molecule has 1 N–H and O–H groups in total. The summed E-state index contributed by atoms with van der Waals surface area (Å²) in [4.78, 5) is 0. The van der Waals surface area contributed by atoms with Crippen LogP contribution in [0, 0.1) is 0 Å². The van der Waals surface area contributed by atoms with Crippen molar-refractivity contribution in [1.82, 2.24) is 5.32 Å². The Kier molecular flexibility index (Phi) is 4.08. The van der Waals surface area contributed by atoms with Gasteiger partial charge in [0, 0.05) is 23.2 Å². The molecule has 0 spiro atoms. The van der Waals surface area contributed by atoms with E-state index in [0.717, 1.165) is 22.9 Å². The van der Waals surface area contributed by atoms with Crippen LogP contribution in [0.15, 0.2) is 18.2 Å². The molecule has 0 heterocycles. The quantitative estimate of drug-likeness (QED) is 0.870. The molecule has 88 valence electrons. The van der Waals surface area contributed by atoms with Gasteiger partial charge in [0.25, 0.3) is 0 Å². The lowest BCUT2D eigenvalue weighted by molar-refractivity contribution is 0.405. The summed E-state index contributed by atoms with van der Waals surface area (Å²) >= 11 is 5.99. The zero-order valence-corrected chi connectivity index (χ0v) is 10.4. The highest BCUT2D eigenvalue weighted by Gasteiger charge is 2.14. The van der Waals surface area contributed by atoms with Gasteiger partial charge >= 0.3 is 0 Å². The van der Waals surface area contributed by atoms with Crippen LogP contribution in [-0.4, -0.2) is 13.2 Å². The van der Waals surface area contributed by atoms with Gasteiger partial charge in [-0.2, -0.15) is 0 Å². The summed E-state index contributed by atoms with van der Waals surface area (Å²) in [7, 11) is 1.70. The highest BCUT2D eigenvalue weighted by Crippen LogP contribution is 2.24. The average molecular weight is 240 g/mol. The van der Waals surface area contributed by atoms with Crippen LogP contribution in [0.2, 0.25) is 5.02 Å². The summed E-state index contributed by atoms with van der Waals surface area (Å²) in [5.41, 5.74) is 1.14. The highest BCUT2D eigenvalue weighted by molar-refractivity contribution is 6.30. The van der Waals surface area contributed by atoms with Crippen molar-refractivity contribution < 1.29 is 4.74 Å². The molecular weight excluding hydrogens is 222 g/mol. The van der Waals surface area contributed by atoms with Gasteiger partial charge in [-0.15, -0.1) is 0 Å². The van der Waals surface area contributed by atoms with Gasteiger partial charge < -0.3 is 10.1 Å². The molecular formula is C13H18ClNO. The Hall–Kier alpha value is -0.730. The van der Waals surface area contributed by atoms with E-state index in [-0.39, 0.29) is 0 Å². The first-order valence-electron chi connectivity index (χ1n) is 5.85. The first kappa shape index (κ1) is 11.7. The van der Waals surface area contributed by atoms with Gasteiger partial charge in [-0.25, -0.2) is 0 Å². The maximum Gasteiger partial charge on any atom is 0.123 e. The van der Waals surface area contributed by atoms with Crippen molar-refractivity contribution in [3.8, 4) is 5.75 Å². The van der Waals surface area contributed by atoms with Crippen molar-refractivity contribution in [2.45, 2.75) is 38.3 Å². The highest BCUT2D eigenvalue weighted by atomic mass is 35.5. The summed E-state index contributed by atoms with van der Waals surface area (Å²) in [5.74, 6) is 0.912. The van der Waals surface area contributed by atoms with E-state index in [0.29, 0.717) is 6.04 Å². The zero-order chi connectivity index (χ0) is 11.4. The minimum Gasteiger partial charge on any atom is -0.496 e. The van der Waals surface area contributed by atoms with Gasteiger partial charge in [-0.1, -0.05) is 24.4 Å². The van der Waals surface area contributed by atoms with E-state index in [1.807, 2.05) is 18.2 Å². The molecule has 0 aliphatic heterocycles. The number of rotatable bonds is 4. The fourth-order valence-electron chi connectivity index (χ4n) is 2.27. The van der Waals surface area contributed by atoms with Crippen molar-refractivity contribution in [2.24, 2.45) is 0 Å². The van der Waals surface area contributed by atoms with E-state index in [4.69, 9.17) is 16.3 Å². The molecule has 16 heavy (non-hydrogen) atoms. The van der Waals surface area contributed by atoms with Crippen molar-refractivity contribution in [1.29, 1.82) is 0 Å². The number of methoxy groups -OCH3 is 1. The normalized spacial score (nSPS) is 16.6. The topological polar surface area (TPSA) is 21.3 Å². The Balaban J connectivity index is 1.98. The number of hydrogen-bond donors (Lipinski definition) is 1. The van der Waals surface area contributed by atoms with Crippen LogP contribution < -0.4 is 10.1 Å². The lowest BCUT2D eigenvalue weighted by Crippen LogP contribution is -2.25. The van der Waals surface area contributed by atoms with E-state index in [1.54, 1.807) is 7.11 Å². The predicted octanol–water partition coefficient (Wildman–Crippen LogP) is 3.38. The van der Waals surface area contributed by atoms with Crippen LogP contribution in [-0.2, 0) is 6.54 Å². The summed E-state index contributed by atoms with van der Waals surface area (Å²) in [6.07, 6.45) is 5.29. The van der Waals surface area contributed by atoms with Crippen molar-refractivity contribution in [3.63, 3.8) is 0 Å². The van der Waals surface area contributed by atoms with Gasteiger partial charge in [-0.05, 0) is 31.0 Å². The van der Waals surface area contributed by atoms with Crippen LogP contribution in [0.3, 0.4) is 0 Å². The minimum atomic E-state index is 0.670. The molecule has 1 aliphatic carbocycles. The predicted molar refractivity (Wildman–Crippen MR) is 67.1 cm³/mol. The molecule has 0 radical (unpaired) electrons. The summed E-state index contributed by atoms with van der Waals surface area (Å²) < 4.78 is 5.32. The van der Waals surface area contributed by atoms with Crippen molar-refractivity contribution in [2.75, 3.05) is 7.11 Å². The Morgan fingerprint density at radius 3 is 2.81 bits per heavy atom. The number of benzene rings is 1. The fourth-order valence-corrected chi connectivity index (χ4v) is 2.46. The van der Waals surface area contributed by atoms with Crippen LogP contribution >= 0.6 is 11.6 Å². The summed E-state index contributed by atoms with van der Waals surface area (Å²) in [5, 5.41) is 4.33. The van der Waals surface area contributed by atoms with Gasteiger partial charge in [0.15, 0.2) is 0 Å². The maximum absolute atomic E-state index is 5.99. The minimum absolute atomic E-state index is 0.670. The molecule has 1 saturated carbocycles. The van der Waals surface area contributed by atoms with E-state index < -0.39 is 0 Å². The van der Waals surface area contributed by atoms with Crippen LogP contribution in [0.1, 0.15) is 31.2 Å². The van der Waals surface area contributed by atoms with Gasteiger partial charge in [-0.3, -0.25) is 0 Å². The molecule has 0 aromatic heterocycles. The lowest BCUT2D eigenvalue weighted by Gasteiger charge is -2.14. The molecule has 1 aromatic carbocycles. The Labute approximate surface area is 102 Å². The van der Waals surface area contributed by atoms with Crippen LogP contribution in [0.4, 0.5) is 0 Å². The smallest absolute Gasteiger partial charge is 0.123 e. The van der Waals surface area contributed by atoms with E-state index >= 15 is 0 Å². The van der Waals surface area contributed by atoms with E-state index in [1.165, 1.54) is 25.7 Å². The molecule has 2 rings (SSSR count). The second-order valence-electron chi connectivity index (χ2n) is 4.32. The molecule has 2 nitrogen and oxygen atoms in total. The number of hydrogen-bond acceptors (Lipinski definition) is 2. The van der Waals surface area contributed by atoms with Crippen LogP contribution in [0.25, 0.3) is 0 Å². The summed E-state index contributed by atoms with van der Waals surface area (Å²) in [6, 6.07) is 6.43. The molecule has 0 atom stereocenters. The molecule has 1 aliphatic rings. The SMILES string of the molecule is COc1ccc(Cl)cc1CNC1CCCC1. The third kappa shape index (κ3) is 2.89. The van der Waals surface area contributed by atoms with Gasteiger partial charge in [0.2, 0.25) is 0 Å². The fraction of sp³-hybridized carbons (Fsp3) is 0.538. The maximum atomic E-state index is 5.99. The van der Waals surface area contributed by atoms with Crippen molar-refractivity contribution in [3.05, 3.63) is 28.8 Å². The van der Waals surface area contributed by atoms with Gasteiger partial charge in [0.05, 0.1) is 7.11 Å². The standard InChI is InChI=1S/C13H18ClNO/c1-16-13-7-6-11(14)8-10(13)9-15-12-4-2-3-5-12/h6-8,12,15H,2-5,9H2,1H3. The molecule has 1 fully saturated rings. The zero-order valence-electron chi connectivity index (χ0n) is 9.63.